The molecule has 6 heteroatoms. The molecule has 0 saturated carbocycles. The highest BCUT2D eigenvalue weighted by molar-refractivity contribution is 5.83. The van der Waals surface area contributed by atoms with Gasteiger partial charge in [0.15, 0.2) is 6.10 Å². The van der Waals surface area contributed by atoms with Crippen molar-refractivity contribution in [2.24, 2.45) is 0 Å². The first kappa shape index (κ1) is 16.2. The van der Waals surface area contributed by atoms with Crippen LogP contribution >= 0.6 is 0 Å². The van der Waals surface area contributed by atoms with E-state index in [1.54, 1.807) is 6.20 Å². The van der Waals surface area contributed by atoms with E-state index in [2.05, 4.69) is 27.5 Å². The molecule has 0 radical (unpaired) electrons. The summed E-state index contributed by atoms with van der Waals surface area (Å²) in [6, 6.07) is 11.8. The number of aromatic nitrogens is 2. The molecule has 6 nitrogen and oxygen atoms in total. The topological polar surface area (TPSA) is 70.2 Å². The van der Waals surface area contributed by atoms with Gasteiger partial charge in [-0.15, -0.1) is 0 Å². The molecule has 1 saturated heterocycles. The number of aromatic amines is 1. The van der Waals surface area contributed by atoms with Gasteiger partial charge in [0.1, 0.15) is 11.4 Å². The summed E-state index contributed by atoms with van der Waals surface area (Å²) in [4.78, 5) is 22.5. The van der Waals surface area contributed by atoms with Crippen LogP contribution in [-0.2, 0) is 4.79 Å². The van der Waals surface area contributed by atoms with Gasteiger partial charge < -0.3 is 19.9 Å². The van der Waals surface area contributed by atoms with Gasteiger partial charge in [0, 0.05) is 30.9 Å². The molecule has 4 heterocycles. The molecule has 0 aliphatic carbocycles. The van der Waals surface area contributed by atoms with Gasteiger partial charge in [-0.05, 0) is 48.6 Å². The quantitative estimate of drug-likeness (QED) is 0.735. The molecule has 1 fully saturated rings. The van der Waals surface area contributed by atoms with Crippen molar-refractivity contribution in [2.75, 3.05) is 25.0 Å². The molecule has 0 spiro atoms. The maximum atomic E-state index is 12.9. The van der Waals surface area contributed by atoms with Crippen LogP contribution in [0.15, 0.2) is 48.8 Å². The van der Waals surface area contributed by atoms with Crippen molar-refractivity contribution in [1.82, 2.24) is 14.9 Å². The zero-order valence-electron chi connectivity index (χ0n) is 15.0. The Labute approximate surface area is 157 Å². The van der Waals surface area contributed by atoms with Crippen LogP contribution in [0.4, 0.5) is 5.69 Å². The zero-order chi connectivity index (χ0) is 18.2. The molecule has 1 amide bonds. The Hall–Kier alpha value is -3.02. The fourth-order valence-corrected chi connectivity index (χ4v) is 4.18. The second-order valence-corrected chi connectivity index (χ2v) is 7.23. The lowest BCUT2D eigenvalue weighted by molar-refractivity contribution is -0.139. The van der Waals surface area contributed by atoms with Crippen LogP contribution in [0.2, 0.25) is 0 Å². The second-order valence-electron chi connectivity index (χ2n) is 7.23. The number of anilines is 1. The minimum atomic E-state index is -0.450. The van der Waals surface area contributed by atoms with Gasteiger partial charge in [-0.1, -0.05) is 12.1 Å². The lowest BCUT2D eigenvalue weighted by Crippen LogP contribution is -2.49. The van der Waals surface area contributed by atoms with E-state index in [-0.39, 0.29) is 5.91 Å². The van der Waals surface area contributed by atoms with Gasteiger partial charge in [-0.3, -0.25) is 4.79 Å². The van der Waals surface area contributed by atoms with Crippen molar-refractivity contribution in [1.29, 1.82) is 0 Å². The van der Waals surface area contributed by atoms with Gasteiger partial charge >= 0.3 is 0 Å². The van der Waals surface area contributed by atoms with Crippen molar-refractivity contribution in [3.8, 4) is 5.75 Å². The average molecular weight is 362 g/mol. The standard InChI is InChI=1S/C21H22N4O2/c26-21(19-13-23-17-5-1-2-6-18(17)27-19)25-10-7-14(8-11-25)16-12-24-20-15(16)4-3-9-22-20/h1-6,9,12,14,19,23H,7-8,10-11,13H2,(H,22,24). The Morgan fingerprint density at radius 1 is 1.15 bits per heavy atom. The summed E-state index contributed by atoms with van der Waals surface area (Å²) < 4.78 is 5.94. The molecule has 2 N–H and O–H groups in total. The van der Waals surface area contributed by atoms with E-state index < -0.39 is 6.10 Å². The van der Waals surface area contributed by atoms with E-state index in [4.69, 9.17) is 4.74 Å². The highest BCUT2D eigenvalue weighted by Gasteiger charge is 2.32. The molecular weight excluding hydrogens is 340 g/mol. The maximum absolute atomic E-state index is 12.9. The SMILES string of the molecule is O=C(C1CNc2ccccc2O1)N1CCC(c2c[nH]c3ncccc23)CC1. The molecular formula is C21H22N4O2. The number of pyridine rings is 1. The first-order valence-electron chi connectivity index (χ1n) is 9.50. The highest BCUT2D eigenvalue weighted by atomic mass is 16.5. The molecule has 27 heavy (non-hydrogen) atoms. The van der Waals surface area contributed by atoms with Crippen LogP contribution in [0, 0.1) is 0 Å². The van der Waals surface area contributed by atoms with E-state index in [0.717, 1.165) is 43.0 Å². The van der Waals surface area contributed by atoms with Gasteiger partial charge in [-0.2, -0.15) is 0 Å². The maximum Gasteiger partial charge on any atom is 0.265 e. The van der Waals surface area contributed by atoms with E-state index in [9.17, 15) is 4.79 Å². The molecule has 1 atom stereocenters. The van der Waals surface area contributed by atoms with Crippen molar-refractivity contribution < 1.29 is 9.53 Å². The third-order valence-electron chi connectivity index (χ3n) is 5.64. The summed E-state index contributed by atoms with van der Waals surface area (Å²) in [6.45, 7) is 2.04. The number of ether oxygens (including phenoxy) is 1. The van der Waals surface area contributed by atoms with Crippen molar-refractivity contribution >= 4 is 22.6 Å². The predicted octanol–water partition coefficient (Wildman–Crippen LogP) is 3.14. The molecule has 1 aromatic carbocycles. The molecule has 2 aliphatic rings. The highest BCUT2D eigenvalue weighted by Crippen LogP contribution is 2.33. The van der Waals surface area contributed by atoms with Gasteiger partial charge in [-0.25, -0.2) is 4.98 Å². The summed E-state index contributed by atoms with van der Waals surface area (Å²) in [6.07, 6.45) is 5.36. The largest absolute Gasteiger partial charge is 0.477 e. The van der Waals surface area contributed by atoms with Crippen LogP contribution in [0.25, 0.3) is 11.0 Å². The number of piperidine rings is 1. The van der Waals surface area contributed by atoms with Crippen molar-refractivity contribution in [3.63, 3.8) is 0 Å². The van der Waals surface area contributed by atoms with Crippen LogP contribution in [0.5, 0.6) is 5.75 Å². The van der Waals surface area contributed by atoms with E-state index >= 15 is 0 Å². The third kappa shape index (κ3) is 2.91. The number of benzene rings is 1. The second kappa shape index (κ2) is 6.61. The Kier molecular flexibility index (Phi) is 3.96. The first-order chi connectivity index (χ1) is 13.3. The lowest BCUT2D eigenvalue weighted by Gasteiger charge is -2.35. The van der Waals surface area contributed by atoms with E-state index in [1.807, 2.05) is 35.2 Å². The van der Waals surface area contributed by atoms with E-state index in [1.165, 1.54) is 10.9 Å². The zero-order valence-corrected chi connectivity index (χ0v) is 15.0. The Morgan fingerprint density at radius 3 is 2.89 bits per heavy atom. The minimum absolute atomic E-state index is 0.0797. The Balaban J connectivity index is 1.25. The molecule has 138 valence electrons. The Morgan fingerprint density at radius 2 is 2.00 bits per heavy atom. The van der Waals surface area contributed by atoms with E-state index in [0.29, 0.717) is 12.5 Å². The summed E-state index contributed by atoms with van der Waals surface area (Å²) >= 11 is 0. The van der Waals surface area contributed by atoms with Gasteiger partial charge in [0.2, 0.25) is 0 Å². The molecule has 0 bridgehead atoms. The number of nitrogens with one attached hydrogen (secondary N) is 2. The first-order valence-corrected chi connectivity index (χ1v) is 9.50. The van der Waals surface area contributed by atoms with Crippen molar-refractivity contribution in [3.05, 3.63) is 54.4 Å². The summed E-state index contributed by atoms with van der Waals surface area (Å²) in [7, 11) is 0. The number of fused-ring (bicyclic) bond motifs is 2. The summed E-state index contributed by atoms with van der Waals surface area (Å²) in [5.74, 6) is 1.29. The number of likely N-dealkylation sites (tertiary alicyclic amines) is 1. The monoisotopic (exact) mass is 362 g/mol. The Bertz CT molecular complexity index is 975. The molecule has 1 unspecified atom stereocenters. The number of hydrogen-bond donors (Lipinski definition) is 2. The molecule has 3 aromatic rings. The fraction of sp³-hybridized carbons (Fsp3) is 0.333. The fourth-order valence-electron chi connectivity index (χ4n) is 4.18. The average Bonchev–Trinajstić information content (AvgIpc) is 3.17. The van der Waals surface area contributed by atoms with Gasteiger partial charge in [0.25, 0.3) is 5.91 Å². The number of para-hydroxylation sites is 2. The normalized spacial score (nSPS) is 20.0. The number of carbonyl (C=O) groups excluding carboxylic acids is 1. The number of nitrogens with zero attached hydrogens (tertiary/aromatic N) is 2. The number of hydrogen-bond acceptors (Lipinski definition) is 4. The number of H-pyrrole nitrogens is 1. The summed E-state index contributed by atoms with van der Waals surface area (Å²) in [5.41, 5.74) is 3.20. The van der Waals surface area contributed by atoms with Crippen LogP contribution < -0.4 is 10.1 Å². The summed E-state index contributed by atoms with van der Waals surface area (Å²) in [5, 5.41) is 4.49. The van der Waals surface area contributed by atoms with Crippen LogP contribution in [-0.4, -0.2) is 46.5 Å². The lowest BCUT2D eigenvalue weighted by atomic mass is 9.89. The number of amides is 1. The predicted molar refractivity (Wildman–Crippen MR) is 104 cm³/mol. The van der Waals surface area contributed by atoms with Crippen LogP contribution in [0.1, 0.15) is 24.3 Å². The van der Waals surface area contributed by atoms with Gasteiger partial charge in [0.05, 0.1) is 12.2 Å². The molecule has 2 aliphatic heterocycles. The van der Waals surface area contributed by atoms with Crippen LogP contribution in [0.3, 0.4) is 0 Å². The molecule has 5 rings (SSSR count). The van der Waals surface area contributed by atoms with Crippen molar-refractivity contribution in [2.45, 2.75) is 24.9 Å². The minimum Gasteiger partial charge on any atom is -0.477 e. The third-order valence-corrected chi connectivity index (χ3v) is 5.64. The smallest absolute Gasteiger partial charge is 0.265 e. The number of rotatable bonds is 2. The molecule has 2 aromatic heterocycles. The number of carbonyl (C=O) groups is 1.